The summed E-state index contributed by atoms with van der Waals surface area (Å²) < 4.78 is 11.3. The molecule has 0 amide bonds. The number of nitrogens with one attached hydrogen (secondary N) is 1. The van der Waals surface area contributed by atoms with Crippen LogP contribution in [0.15, 0.2) is 11.0 Å². The molecule has 3 rings (SSSR count). The van der Waals surface area contributed by atoms with Gasteiger partial charge in [-0.3, -0.25) is 10.0 Å². The molecule has 0 spiro atoms. The van der Waals surface area contributed by atoms with Gasteiger partial charge in [0.1, 0.15) is 24.6 Å². The zero-order valence-electron chi connectivity index (χ0n) is 9.54. The van der Waals surface area contributed by atoms with Crippen LogP contribution in [-0.2, 0) is 4.74 Å². The SMILES string of the molecule is N=c1ncnc2n([C@@H]3O[C@H](CO)[C@@H](O)[C@H]3O)onc1-2. The first kappa shape index (κ1) is 12.2. The minimum absolute atomic E-state index is 0.111. The number of aliphatic hydroxyl groups is 3. The molecule has 0 aliphatic carbocycles. The van der Waals surface area contributed by atoms with Crippen LogP contribution in [0.3, 0.4) is 0 Å². The second-order valence-electron chi connectivity index (χ2n) is 4.12. The molecule has 0 aromatic rings. The third-order valence-electron chi connectivity index (χ3n) is 2.98. The minimum atomic E-state index is -1.30. The minimum Gasteiger partial charge on any atom is -0.394 e. The monoisotopic (exact) mass is 269 g/mol. The van der Waals surface area contributed by atoms with Crippen molar-refractivity contribution in [3.05, 3.63) is 11.8 Å². The van der Waals surface area contributed by atoms with Gasteiger partial charge in [-0.25, -0.2) is 9.97 Å². The van der Waals surface area contributed by atoms with E-state index in [-0.39, 0.29) is 17.0 Å². The standard InChI is InChI=1S/C9H11N5O5/c10-7-4-8(12-2-11-7)14(19-13-4)9-6(17)5(16)3(1-15)18-9/h2-3,5-6,9-10,15-17H,1H2/t3-,5-,6-,9-/m1/s1. The van der Waals surface area contributed by atoms with Crippen molar-refractivity contribution in [2.24, 2.45) is 0 Å². The van der Waals surface area contributed by atoms with E-state index in [4.69, 9.17) is 19.9 Å². The molecule has 1 fully saturated rings. The molecule has 10 heteroatoms. The van der Waals surface area contributed by atoms with Crippen LogP contribution in [0.2, 0.25) is 0 Å². The van der Waals surface area contributed by atoms with E-state index < -0.39 is 31.1 Å². The van der Waals surface area contributed by atoms with E-state index >= 15 is 0 Å². The van der Waals surface area contributed by atoms with Crippen molar-refractivity contribution in [1.82, 2.24) is 19.9 Å². The first-order valence-corrected chi connectivity index (χ1v) is 5.50. The van der Waals surface area contributed by atoms with Crippen molar-refractivity contribution in [2.75, 3.05) is 6.61 Å². The summed E-state index contributed by atoms with van der Waals surface area (Å²) in [7, 11) is 0. The van der Waals surface area contributed by atoms with Gasteiger partial charge in [-0.05, 0) is 5.16 Å². The molecule has 0 saturated carbocycles. The van der Waals surface area contributed by atoms with Crippen molar-refractivity contribution >= 4 is 0 Å². The molecule has 3 aliphatic heterocycles. The summed E-state index contributed by atoms with van der Waals surface area (Å²) >= 11 is 0. The zero-order chi connectivity index (χ0) is 13.6. The first-order valence-electron chi connectivity index (χ1n) is 5.50. The van der Waals surface area contributed by atoms with E-state index in [9.17, 15) is 10.2 Å². The van der Waals surface area contributed by atoms with E-state index in [0.29, 0.717) is 0 Å². The fraction of sp³-hybridized carbons (Fsp3) is 0.556. The van der Waals surface area contributed by atoms with Crippen LogP contribution in [-0.4, -0.2) is 60.1 Å². The average Bonchev–Trinajstić information content (AvgIpc) is 2.94. The molecule has 102 valence electrons. The summed E-state index contributed by atoms with van der Waals surface area (Å²) in [4.78, 5) is 7.54. The Labute approximate surface area is 105 Å². The lowest BCUT2D eigenvalue weighted by Gasteiger charge is -2.14. The van der Waals surface area contributed by atoms with Gasteiger partial charge < -0.3 is 20.1 Å². The number of hydrogen-bond acceptors (Lipinski definition) is 9. The topological polar surface area (TPSA) is 151 Å². The lowest BCUT2D eigenvalue weighted by atomic mass is 10.1. The third-order valence-corrected chi connectivity index (χ3v) is 2.98. The Morgan fingerprint density at radius 2 is 2.11 bits per heavy atom. The van der Waals surface area contributed by atoms with Crippen molar-refractivity contribution in [2.45, 2.75) is 24.5 Å². The summed E-state index contributed by atoms with van der Waals surface area (Å²) in [6.07, 6.45) is -3.40. The van der Waals surface area contributed by atoms with Gasteiger partial charge in [0.2, 0.25) is 5.82 Å². The number of aliphatic hydroxyl groups excluding tert-OH is 3. The number of hydrogen-bond donors (Lipinski definition) is 4. The molecule has 4 N–H and O–H groups in total. The predicted octanol–water partition coefficient (Wildman–Crippen LogP) is -2.54. The fourth-order valence-electron chi connectivity index (χ4n) is 1.98. The largest absolute Gasteiger partial charge is 0.394 e. The Hall–Kier alpha value is -1.88. The van der Waals surface area contributed by atoms with E-state index in [2.05, 4.69) is 15.1 Å². The van der Waals surface area contributed by atoms with Crippen LogP contribution in [0.25, 0.3) is 11.5 Å². The molecule has 4 atom stereocenters. The van der Waals surface area contributed by atoms with Gasteiger partial charge in [0, 0.05) is 0 Å². The van der Waals surface area contributed by atoms with E-state index in [1.54, 1.807) is 0 Å². The molecule has 3 aliphatic rings. The smallest absolute Gasteiger partial charge is 0.204 e. The zero-order valence-corrected chi connectivity index (χ0v) is 9.54. The van der Waals surface area contributed by atoms with Gasteiger partial charge in [-0.2, -0.15) is 0 Å². The van der Waals surface area contributed by atoms with E-state index in [1.807, 2.05) is 0 Å². The molecular weight excluding hydrogens is 258 g/mol. The lowest BCUT2D eigenvalue weighted by molar-refractivity contribution is -0.0925. The van der Waals surface area contributed by atoms with Crippen LogP contribution >= 0.6 is 0 Å². The molecular formula is C9H11N5O5. The van der Waals surface area contributed by atoms with Crippen LogP contribution < -0.4 is 5.49 Å². The highest BCUT2D eigenvalue weighted by Crippen LogP contribution is 2.31. The Balaban J connectivity index is 2.01. The van der Waals surface area contributed by atoms with Crippen LogP contribution in [0.1, 0.15) is 6.23 Å². The van der Waals surface area contributed by atoms with Gasteiger partial charge in [-0.15, -0.1) is 4.74 Å². The highest BCUT2D eigenvalue weighted by molar-refractivity contribution is 5.45. The second-order valence-corrected chi connectivity index (χ2v) is 4.12. The van der Waals surface area contributed by atoms with E-state index in [0.717, 1.165) is 11.1 Å². The van der Waals surface area contributed by atoms with Crippen LogP contribution in [0.4, 0.5) is 0 Å². The Morgan fingerprint density at radius 3 is 2.79 bits per heavy atom. The lowest BCUT2D eigenvalue weighted by Crippen LogP contribution is -2.33. The molecule has 1 saturated heterocycles. The van der Waals surface area contributed by atoms with Crippen LogP contribution in [0, 0.1) is 5.41 Å². The Kier molecular flexibility index (Phi) is 2.78. The highest BCUT2D eigenvalue weighted by Gasteiger charge is 2.45. The summed E-state index contributed by atoms with van der Waals surface area (Å²) in [6, 6.07) is 0. The Bertz CT molecular complexity index is 611. The predicted molar refractivity (Wildman–Crippen MR) is 55.6 cm³/mol. The van der Waals surface area contributed by atoms with Crippen molar-refractivity contribution in [1.29, 1.82) is 5.41 Å². The molecule has 3 heterocycles. The quantitative estimate of drug-likeness (QED) is 0.465. The maximum absolute atomic E-state index is 9.87. The summed E-state index contributed by atoms with van der Waals surface area (Å²) in [5.74, 6) is 0.162. The van der Waals surface area contributed by atoms with Crippen molar-refractivity contribution in [3.8, 4) is 11.5 Å². The number of ether oxygens (including phenoxy) is 1. The van der Waals surface area contributed by atoms with E-state index in [1.165, 1.54) is 0 Å². The average molecular weight is 269 g/mol. The molecule has 0 radical (unpaired) electrons. The van der Waals surface area contributed by atoms with Crippen molar-refractivity contribution in [3.63, 3.8) is 0 Å². The molecule has 0 aromatic heterocycles. The summed E-state index contributed by atoms with van der Waals surface area (Å²) in [6.45, 7) is -0.444. The first-order chi connectivity index (χ1) is 9.13. The summed E-state index contributed by atoms with van der Waals surface area (Å²) in [5.41, 5.74) is -0.0144. The second kappa shape index (κ2) is 4.35. The van der Waals surface area contributed by atoms with Gasteiger partial charge in [-0.1, -0.05) is 0 Å². The van der Waals surface area contributed by atoms with Gasteiger partial charge in [0.15, 0.2) is 17.4 Å². The molecule has 19 heavy (non-hydrogen) atoms. The molecule has 0 bridgehead atoms. The number of aromatic nitrogens is 4. The van der Waals surface area contributed by atoms with Gasteiger partial charge >= 0.3 is 0 Å². The third kappa shape index (κ3) is 1.73. The Morgan fingerprint density at radius 1 is 1.32 bits per heavy atom. The van der Waals surface area contributed by atoms with Crippen LogP contribution in [0.5, 0.6) is 0 Å². The number of nitrogens with zero attached hydrogens (tertiary/aromatic N) is 4. The molecule has 0 unspecified atom stereocenters. The maximum Gasteiger partial charge on any atom is 0.204 e. The molecule has 10 nitrogen and oxygen atoms in total. The molecule has 0 aromatic carbocycles. The number of fused-ring (bicyclic) bond motifs is 1. The van der Waals surface area contributed by atoms with Gasteiger partial charge in [0.05, 0.1) is 6.61 Å². The highest BCUT2D eigenvalue weighted by atomic mass is 16.6. The summed E-state index contributed by atoms with van der Waals surface area (Å²) in [5, 5.41) is 39.7. The normalized spacial score (nSPS) is 31.1. The van der Waals surface area contributed by atoms with Gasteiger partial charge in [0.25, 0.3) is 0 Å². The number of rotatable bonds is 2. The fourth-order valence-corrected chi connectivity index (χ4v) is 1.98. The van der Waals surface area contributed by atoms with Crippen molar-refractivity contribution < 1.29 is 24.7 Å². The maximum atomic E-state index is 9.87.